The summed E-state index contributed by atoms with van der Waals surface area (Å²) in [6.45, 7) is 2.17. The monoisotopic (exact) mass is 288 g/mol. The Morgan fingerprint density at radius 1 is 1.19 bits per heavy atom. The summed E-state index contributed by atoms with van der Waals surface area (Å²) >= 11 is 0. The standard InChI is InChI=1S/C18H24O3/c1-18-7-6-13-12-5-3-11(19)8-10(12)2-4-14(13)15(18)9-16(20)17(18)21/h3,5,8,13-17,19-21H,2,4,6-7,9H2,1H3/t13-,14-,15-,16-,17-,18+/m1/s1. The van der Waals surface area contributed by atoms with Crippen LogP contribution >= 0.6 is 0 Å². The molecule has 1 aromatic carbocycles. The van der Waals surface area contributed by atoms with Gasteiger partial charge in [0.2, 0.25) is 0 Å². The molecule has 3 aliphatic rings. The number of aromatic hydroxyl groups is 1. The number of aliphatic hydroxyl groups excluding tert-OH is 2. The molecule has 6 atom stereocenters. The van der Waals surface area contributed by atoms with Crippen LogP contribution in [0.1, 0.15) is 49.7 Å². The first-order chi connectivity index (χ1) is 10.0. The molecule has 0 heterocycles. The fourth-order valence-corrected chi connectivity index (χ4v) is 5.56. The molecule has 1 aromatic rings. The van der Waals surface area contributed by atoms with Crippen LogP contribution < -0.4 is 0 Å². The summed E-state index contributed by atoms with van der Waals surface area (Å²) in [4.78, 5) is 0. The van der Waals surface area contributed by atoms with Crippen molar-refractivity contribution >= 4 is 0 Å². The van der Waals surface area contributed by atoms with Gasteiger partial charge in [0, 0.05) is 0 Å². The lowest BCUT2D eigenvalue weighted by atomic mass is 9.55. The molecule has 3 nitrogen and oxygen atoms in total. The third-order valence-corrected chi connectivity index (χ3v) is 6.68. The average Bonchev–Trinajstić information content (AvgIpc) is 2.70. The van der Waals surface area contributed by atoms with E-state index in [2.05, 4.69) is 13.0 Å². The van der Waals surface area contributed by atoms with Gasteiger partial charge in [-0.25, -0.2) is 0 Å². The van der Waals surface area contributed by atoms with Gasteiger partial charge >= 0.3 is 0 Å². The molecule has 0 aromatic heterocycles. The highest BCUT2D eigenvalue weighted by Gasteiger charge is 2.57. The summed E-state index contributed by atoms with van der Waals surface area (Å²) in [6, 6.07) is 5.80. The Labute approximate surface area is 125 Å². The maximum Gasteiger partial charge on any atom is 0.115 e. The molecule has 0 radical (unpaired) electrons. The molecule has 3 heteroatoms. The topological polar surface area (TPSA) is 60.7 Å². The van der Waals surface area contributed by atoms with Crippen molar-refractivity contribution in [3.8, 4) is 5.75 Å². The van der Waals surface area contributed by atoms with E-state index in [1.165, 1.54) is 11.1 Å². The Kier molecular flexibility index (Phi) is 2.89. The Balaban J connectivity index is 1.71. The first kappa shape index (κ1) is 13.6. The van der Waals surface area contributed by atoms with Crippen LogP contribution in [0.2, 0.25) is 0 Å². The van der Waals surface area contributed by atoms with Gasteiger partial charge in [0.15, 0.2) is 0 Å². The maximum atomic E-state index is 10.4. The fraction of sp³-hybridized carbons (Fsp3) is 0.667. The summed E-state index contributed by atoms with van der Waals surface area (Å²) in [7, 11) is 0. The summed E-state index contributed by atoms with van der Waals surface area (Å²) in [5, 5.41) is 30.2. The van der Waals surface area contributed by atoms with Gasteiger partial charge < -0.3 is 15.3 Å². The summed E-state index contributed by atoms with van der Waals surface area (Å²) in [5.41, 5.74) is 2.57. The second-order valence-corrected chi connectivity index (χ2v) is 7.59. The van der Waals surface area contributed by atoms with Crippen molar-refractivity contribution in [1.29, 1.82) is 0 Å². The van der Waals surface area contributed by atoms with E-state index >= 15 is 0 Å². The number of phenolic OH excluding ortho intramolecular Hbond substituents is 1. The highest BCUT2D eigenvalue weighted by molar-refractivity contribution is 5.40. The number of benzene rings is 1. The van der Waals surface area contributed by atoms with E-state index in [-0.39, 0.29) is 5.41 Å². The van der Waals surface area contributed by atoms with E-state index in [9.17, 15) is 15.3 Å². The minimum atomic E-state index is -0.565. The molecule has 4 rings (SSSR count). The number of hydrogen-bond acceptors (Lipinski definition) is 3. The van der Waals surface area contributed by atoms with E-state index in [1.54, 1.807) is 6.07 Å². The SMILES string of the molecule is C[C@]12CC[C@@H]3c4ccc(O)cc4CC[C@H]3[C@H]1C[C@@H](O)[C@H]2O. The zero-order valence-corrected chi connectivity index (χ0v) is 12.5. The van der Waals surface area contributed by atoms with Gasteiger partial charge in [-0.3, -0.25) is 0 Å². The van der Waals surface area contributed by atoms with Crippen LogP contribution in [0.5, 0.6) is 5.75 Å². The van der Waals surface area contributed by atoms with E-state index < -0.39 is 12.2 Å². The molecule has 2 saturated carbocycles. The Morgan fingerprint density at radius 3 is 2.81 bits per heavy atom. The van der Waals surface area contributed by atoms with Crippen LogP contribution in [0.3, 0.4) is 0 Å². The lowest BCUT2D eigenvalue weighted by molar-refractivity contribution is -0.0505. The number of rotatable bonds is 0. The fourth-order valence-electron chi connectivity index (χ4n) is 5.56. The van der Waals surface area contributed by atoms with Gasteiger partial charge in [0.25, 0.3) is 0 Å². The second-order valence-electron chi connectivity index (χ2n) is 7.59. The van der Waals surface area contributed by atoms with E-state index in [0.29, 0.717) is 23.5 Å². The quantitative estimate of drug-likeness (QED) is 0.687. The van der Waals surface area contributed by atoms with Crippen LogP contribution in [-0.2, 0) is 6.42 Å². The molecule has 0 spiro atoms. The van der Waals surface area contributed by atoms with Crippen molar-refractivity contribution in [3.63, 3.8) is 0 Å². The van der Waals surface area contributed by atoms with Gasteiger partial charge in [-0.1, -0.05) is 13.0 Å². The molecule has 3 N–H and O–H groups in total. The van der Waals surface area contributed by atoms with Crippen molar-refractivity contribution in [2.45, 2.75) is 57.2 Å². The van der Waals surface area contributed by atoms with Gasteiger partial charge in [0.05, 0.1) is 12.2 Å². The van der Waals surface area contributed by atoms with Crippen LogP contribution in [0.25, 0.3) is 0 Å². The Bertz CT molecular complexity index is 570. The molecule has 2 fully saturated rings. The molecule has 3 aliphatic carbocycles. The molecule has 0 amide bonds. The molecule has 114 valence electrons. The van der Waals surface area contributed by atoms with Crippen molar-refractivity contribution in [3.05, 3.63) is 29.3 Å². The van der Waals surface area contributed by atoms with Crippen LogP contribution in [0, 0.1) is 17.3 Å². The number of hydrogen-bond donors (Lipinski definition) is 3. The highest BCUT2D eigenvalue weighted by Crippen LogP contribution is 2.60. The number of aryl methyl sites for hydroxylation is 1. The van der Waals surface area contributed by atoms with E-state index in [1.807, 2.05) is 6.07 Å². The largest absolute Gasteiger partial charge is 0.508 e. The summed E-state index contributed by atoms with van der Waals surface area (Å²) in [5.74, 6) is 1.88. The molecule has 0 unspecified atom stereocenters. The minimum absolute atomic E-state index is 0.116. The smallest absolute Gasteiger partial charge is 0.115 e. The van der Waals surface area contributed by atoms with Crippen LogP contribution in [0.15, 0.2) is 18.2 Å². The van der Waals surface area contributed by atoms with Crippen molar-refractivity contribution < 1.29 is 15.3 Å². The first-order valence-electron chi connectivity index (χ1n) is 8.18. The van der Waals surface area contributed by atoms with E-state index in [0.717, 1.165) is 32.1 Å². The molecule has 0 bridgehead atoms. The average molecular weight is 288 g/mol. The summed E-state index contributed by atoms with van der Waals surface area (Å²) in [6.07, 6.45) is 3.80. The maximum absolute atomic E-state index is 10.4. The van der Waals surface area contributed by atoms with Gasteiger partial charge in [-0.05, 0) is 78.5 Å². The lowest BCUT2D eigenvalue weighted by Gasteiger charge is -2.49. The van der Waals surface area contributed by atoms with E-state index in [4.69, 9.17) is 0 Å². The Morgan fingerprint density at radius 2 is 2.00 bits per heavy atom. The normalized spacial score (nSPS) is 44.8. The molecule has 0 aliphatic heterocycles. The predicted molar refractivity (Wildman–Crippen MR) is 80.1 cm³/mol. The predicted octanol–water partition coefficient (Wildman–Crippen LogP) is 2.58. The molecule has 21 heavy (non-hydrogen) atoms. The molecular weight excluding hydrogens is 264 g/mol. The molecular formula is C18H24O3. The number of fused-ring (bicyclic) bond motifs is 5. The third-order valence-electron chi connectivity index (χ3n) is 6.68. The van der Waals surface area contributed by atoms with Crippen molar-refractivity contribution in [2.24, 2.45) is 17.3 Å². The van der Waals surface area contributed by atoms with Crippen molar-refractivity contribution in [1.82, 2.24) is 0 Å². The van der Waals surface area contributed by atoms with Gasteiger partial charge in [-0.15, -0.1) is 0 Å². The third kappa shape index (κ3) is 1.80. The van der Waals surface area contributed by atoms with Crippen molar-refractivity contribution in [2.75, 3.05) is 0 Å². The Hall–Kier alpha value is -1.06. The zero-order valence-electron chi connectivity index (χ0n) is 12.5. The summed E-state index contributed by atoms with van der Waals surface area (Å²) < 4.78 is 0. The molecule has 0 saturated heterocycles. The first-order valence-corrected chi connectivity index (χ1v) is 8.18. The van der Waals surface area contributed by atoms with Crippen LogP contribution in [-0.4, -0.2) is 27.5 Å². The van der Waals surface area contributed by atoms with Gasteiger partial charge in [-0.2, -0.15) is 0 Å². The number of aliphatic hydroxyl groups is 2. The zero-order chi connectivity index (χ0) is 14.8. The lowest BCUT2D eigenvalue weighted by Crippen LogP contribution is -2.44. The second kappa shape index (κ2) is 4.47. The number of phenols is 1. The minimum Gasteiger partial charge on any atom is -0.508 e. The highest BCUT2D eigenvalue weighted by atomic mass is 16.3. The van der Waals surface area contributed by atoms with Gasteiger partial charge in [0.1, 0.15) is 5.75 Å². The van der Waals surface area contributed by atoms with Crippen LogP contribution in [0.4, 0.5) is 0 Å².